The number of phenols is 4. The normalized spacial score (nSPS) is 24.3. The van der Waals surface area contributed by atoms with Gasteiger partial charge in [-0.15, -0.1) is 0 Å². The van der Waals surface area contributed by atoms with Gasteiger partial charge in [0.2, 0.25) is 5.75 Å². The van der Waals surface area contributed by atoms with E-state index in [1.165, 1.54) is 24.5 Å². The molecule has 1 saturated carbocycles. The molecule has 0 amide bonds. The Balaban J connectivity index is 1.27. The van der Waals surface area contributed by atoms with Crippen molar-refractivity contribution in [3.8, 4) is 34.5 Å². The molecule has 0 saturated heterocycles. The van der Waals surface area contributed by atoms with E-state index in [9.17, 15) is 30.3 Å². The maximum absolute atomic E-state index is 13.7. The van der Waals surface area contributed by atoms with Gasteiger partial charge < -0.3 is 35.0 Å². The van der Waals surface area contributed by atoms with E-state index in [4.69, 9.17) is 15.2 Å². The highest BCUT2D eigenvalue weighted by Gasteiger charge is 2.54. The Morgan fingerprint density at radius 2 is 1.72 bits per heavy atom. The van der Waals surface area contributed by atoms with Crippen LogP contribution < -0.4 is 15.2 Å². The van der Waals surface area contributed by atoms with Crippen LogP contribution in [0, 0.1) is 23.7 Å². The van der Waals surface area contributed by atoms with Crippen LogP contribution in [-0.2, 0) is 23.2 Å². The predicted molar refractivity (Wildman–Crippen MR) is 224 cm³/mol. The standard InChI is InChI=1S/C49H59NO8/c1-30(2)13-14-32-9-7-21-49(27-32,35-10-4-3-5-11-35)40-24-34-17-19-38(42(54)25-37(52)18-15-31-16-20-41(53)44(23-31)58-29-50)46(40)39-26-43(55)47(56)48(45(34)39)57-28-33-8-6-12-36(51)22-33/h3-6,8,10-12,16-17,19-20,22-23,26,30,32,34,38,40,42,46,51,53-56H,7,9,13-15,18,21,24-25,27-29,50H2,1-2H3/t32-,34+,38-,40+,42-,46-,49+/m0/s1. The van der Waals surface area contributed by atoms with Crippen LogP contribution in [0.5, 0.6) is 34.5 Å². The van der Waals surface area contributed by atoms with E-state index in [0.717, 1.165) is 48.8 Å². The summed E-state index contributed by atoms with van der Waals surface area (Å²) >= 11 is 0. The topological polar surface area (TPSA) is 163 Å². The van der Waals surface area contributed by atoms with Crippen molar-refractivity contribution in [1.29, 1.82) is 0 Å². The van der Waals surface area contributed by atoms with E-state index in [1.807, 2.05) is 6.07 Å². The van der Waals surface area contributed by atoms with Crippen molar-refractivity contribution < 1.29 is 39.8 Å². The minimum atomic E-state index is -1.02. The number of aliphatic hydroxyl groups excluding tert-OH is 1. The number of carbonyl (C=O) groups is 1. The fourth-order valence-electron chi connectivity index (χ4n) is 10.5. The number of Topliss-reactive ketones (excluding diaryl/α,β-unsaturated/α-hetero) is 1. The van der Waals surface area contributed by atoms with Crippen LogP contribution in [0.4, 0.5) is 0 Å². The lowest BCUT2D eigenvalue weighted by Crippen LogP contribution is -2.47. The highest BCUT2D eigenvalue weighted by atomic mass is 16.5. The summed E-state index contributed by atoms with van der Waals surface area (Å²) in [5.41, 5.74) is 9.75. The second kappa shape index (κ2) is 17.9. The zero-order valence-electron chi connectivity index (χ0n) is 33.7. The second-order valence-corrected chi connectivity index (χ2v) is 17.4. The van der Waals surface area contributed by atoms with E-state index in [2.05, 4.69) is 56.3 Å². The van der Waals surface area contributed by atoms with Crippen molar-refractivity contribution in [2.45, 2.75) is 108 Å². The number of fused-ring (bicyclic) bond motifs is 2. The molecule has 0 heterocycles. The SMILES string of the molecule is CC(C)CC[C@@H]1CCC[C@@](c2ccccc2)([C@@H]2C[C@H]3C=C[C@@H]([C@@H](O)CC(=O)CCc4ccc(O)c(OCN)c4)[C@H]2c2cc(O)c(O)c(OCc4cccc(O)c4)c23)C1. The molecule has 0 aromatic heterocycles. The fraction of sp³-hybridized carbons (Fsp3) is 0.449. The number of nitrogens with two attached hydrogens (primary N) is 1. The third kappa shape index (κ3) is 8.71. The first-order valence-electron chi connectivity index (χ1n) is 21.0. The molecule has 9 nitrogen and oxygen atoms in total. The number of ether oxygens (including phenoxy) is 2. The number of carbonyl (C=O) groups excluding carboxylic acids is 1. The molecule has 0 aliphatic heterocycles. The van der Waals surface area contributed by atoms with Crippen molar-refractivity contribution in [2.75, 3.05) is 6.73 Å². The maximum Gasteiger partial charge on any atom is 0.200 e. The number of benzene rings is 4. The minimum Gasteiger partial charge on any atom is -0.508 e. The number of phenolic OH excluding ortho intramolecular Hbond substituents is 4. The van der Waals surface area contributed by atoms with Crippen molar-refractivity contribution in [1.82, 2.24) is 0 Å². The molecule has 4 aliphatic carbocycles. The van der Waals surface area contributed by atoms with Crippen LogP contribution in [0.1, 0.15) is 111 Å². The van der Waals surface area contributed by atoms with Gasteiger partial charge >= 0.3 is 0 Å². The lowest BCUT2D eigenvalue weighted by atomic mass is 9.50. The molecule has 0 unspecified atom stereocenters. The molecule has 4 aromatic carbocycles. The third-order valence-corrected chi connectivity index (χ3v) is 13.2. The molecule has 7 N–H and O–H groups in total. The summed E-state index contributed by atoms with van der Waals surface area (Å²) < 4.78 is 11.7. The molecule has 7 atom stereocenters. The maximum atomic E-state index is 13.7. The van der Waals surface area contributed by atoms with Gasteiger partial charge in [0.1, 0.15) is 24.9 Å². The molecule has 2 bridgehead atoms. The molecule has 9 heteroatoms. The second-order valence-electron chi connectivity index (χ2n) is 17.4. The Kier molecular flexibility index (Phi) is 12.7. The van der Waals surface area contributed by atoms with Crippen LogP contribution >= 0.6 is 0 Å². The Bertz CT molecular complexity index is 2080. The Hall–Kier alpha value is -4.99. The first-order chi connectivity index (χ1) is 28.0. The largest absolute Gasteiger partial charge is 0.508 e. The van der Waals surface area contributed by atoms with E-state index in [-0.39, 0.29) is 89.6 Å². The average molecular weight is 790 g/mol. The molecule has 308 valence electrons. The van der Waals surface area contributed by atoms with Gasteiger partial charge in [-0.25, -0.2) is 0 Å². The average Bonchev–Trinajstić information content (AvgIpc) is 3.50. The highest BCUT2D eigenvalue weighted by molar-refractivity contribution is 5.79. The quantitative estimate of drug-likeness (QED) is 0.0369. The summed E-state index contributed by atoms with van der Waals surface area (Å²) in [5.74, 6) is 0.0865. The molecule has 58 heavy (non-hydrogen) atoms. The number of allylic oxidation sites excluding steroid dienone is 1. The van der Waals surface area contributed by atoms with Gasteiger partial charge in [-0.05, 0) is 107 Å². The summed E-state index contributed by atoms with van der Waals surface area (Å²) in [7, 11) is 0. The zero-order valence-corrected chi connectivity index (χ0v) is 33.7. The summed E-state index contributed by atoms with van der Waals surface area (Å²) in [6.45, 7) is 4.55. The number of aryl methyl sites for hydroxylation is 1. The van der Waals surface area contributed by atoms with Gasteiger partial charge in [-0.3, -0.25) is 10.5 Å². The molecule has 4 aliphatic rings. The Labute approximate surface area is 342 Å². The minimum absolute atomic E-state index is 0.0226. The molecule has 0 radical (unpaired) electrons. The van der Waals surface area contributed by atoms with Crippen LogP contribution in [0.15, 0.2) is 91.0 Å². The summed E-state index contributed by atoms with van der Waals surface area (Å²) in [6, 6.07) is 24.2. The van der Waals surface area contributed by atoms with Crippen molar-refractivity contribution >= 4 is 5.78 Å². The van der Waals surface area contributed by atoms with Crippen LogP contribution in [0.25, 0.3) is 0 Å². The summed E-state index contributed by atoms with van der Waals surface area (Å²) in [6.07, 6.45) is 11.1. The smallest absolute Gasteiger partial charge is 0.200 e. The van der Waals surface area contributed by atoms with Crippen LogP contribution in [-0.4, -0.2) is 44.2 Å². The van der Waals surface area contributed by atoms with Crippen molar-refractivity contribution in [3.63, 3.8) is 0 Å². The number of ketones is 1. The van der Waals surface area contributed by atoms with Gasteiger partial charge in [0, 0.05) is 30.2 Å². The van der Waals surface area contributed by atoms with Gasteiger partial charge in [0.25, 0.3) is 0 Å². The fourth-order valence-corrected chi connectivity index (χ4v) is 10.5. The number of hydrogen-bond acceptors (Lipinski definition) is 9. The van der Waals surface area contributed by atoms with Crippen LogP contribution in [0.3, 0.4) is 0 Å². The lowest BCUT2D eigenvalue weighted by molar-refractivity contribution is -0.121. The molecule has 1 fully saturated rings. The monoisotopic (exact) mass is 789 g/mol. The molecule has 4 aromatic rings. The van der Waals surface area contributed by atoms with E-state index in [0.29, 0.717) is 23.8 Å². The lowest BCUT2D eigenvalue weighted by Gasteiger charge is -2.53. The number of rotatable bonds is 16. The summed E-state index contributed by atoms with van der Waals surface area (Å²) in [4.78, 5) is 13.7. The number of aliphatic hydroxyl groups is 1. The van der Waals surface area contributed by atoms with E-state index < -0.39 is 12.0 Å². The number of hydrogen-bond donors (Lipinski definition) is 6. The zero-order chi connectivity index (χ0) is 41.0. The summed E-state index contributed by atoms with van der Waals surface area (Å²) in [5, 5.41) is 55.4. The van der Waals surface area contributed by atoms with Gasteiger partial charge in [0.15, 0.2) is 23.0 Å². The molecule has 8 rings (SSSR count). The molecular weight excluding hydrogens is 731 g/mol. The first-order valence-corrected chi connectivity index (χ1v) is 21.0. The van der Waals surface area contributed by atoms with Gasteiger partial charge in [-0.2, -0.15) is 0 Å². The van der Waals surface area contributed by atoms with Crippen molar-refractivity contribution in [2.24, 2.45) is 29.4 Å². The first kappa shape index (κ1) is 41.2. The third-order valence-electron chi connectivity index (χ3n) is 13.2. The molecular formula is C49H59NO8. The predicted octanol–water partition coefficient (Wildman–Crippen LogP) is 9.27. The van der Waals surface area contributed by atoms with Crippen LogP contribution in [0.2, 0.25) is 0 Å². The van der Waals surface area contributed by atoms with E-state index in [1.54, 1.807) is 36.4 Å². The Morgan fingerprint density at radius 3 is 2.48 bits per heavy atom. The van der Waals surface area contributed by atoms with Gasteiger partial charge in [-0.1, -0.05) is 100 Å². The number of aromatic hydroxyl groups is 4. The van der Waals surface area contributed by atoms with Crippen molar-refractivity contribution in [3.05, 3.63) is 119 Å². The molecule has 0 spiro atoms. The van der Waals surface area contributed by atoms with E-state index >= 15 is 0 Å². The van der Waals surface area contributed by atoms with Gasteiger partial charge in [0.05, 0.1) is 6.10 Å². The Morgan fingerprint density at radius 1 is 0.914 bits per heavy atom. The highest BCUT2D eigenvalue weighted by Crippen LogP contribution is 2.64.